The number of carbonyl (C=O) groups is 1. The van der Waals surface area contributed by atoms with Gasteiger partial charge in [0.25, 0.3) is 0 Å². The smallest absolute Gasteiger partial charge is 0.327 e. The highest BCUT2D eigenvalue weighted by atomic mass is 32.2. The minimum Gasteiger partial charge on any atom is -0.465 e. The summed E-state index contributed by atoms with van der Waals surface area (Å²) in [6, 6.07) is 8.59. The van der Waals surface area contributed by atoms with E-state index < -0.39 is 33.2 Å². The largest absolute Gasteiger partial charge is 0.465 e. The SMILES string of the molecule is CCOC(=O)Cn1nc(S(=O)(=O)Cc2ccc(F)cc2)c2ccc(F)cc21. The highest BCUT2D eigenvalue weighted by Gasteiger charge is 2.25. The van der Waals surface area contributed by atoms with E-state index in [1.54, 1.807) is 6.92 Å². The van der Waals surface area contributed by atoms with E-state index in [0.717, 1.165) is 28.9 Å². The number of hydrogen-bond donors (Lipinski definition) is 0. The maximum Gasteiger partial charge on any atom is 0.327 e. The fourth-order valence-corrected chi connectivity index (χ4v) is 4.16. The number of halogens is 2. The molecule has 1 aromatic heterocycles. The van der Waals surface area contributed by atoms with Gasteiger partial charge in [0.05, 0.1) is 17.9 Å². The van der Waals surface area contributed by atoms with Crippen molar-refractivity contribution in [3.05, 3.63) is 59.7 Å². The lowest BCUT2D eigenvalue weighted by Gasteiger charge is -2.03. The van der Waals surface area contributed by atoms with E-state index in [0.29, 0.717) is 5.56 Å². The summed E-state index contributed by atoms with van der Waals surface area (Å²) < 4.78 is 58.3. The third-order valence-corrected chi connectivity index (χ3v) is 5.43. The van der Waals surface area contributed by atoms with Crippen LogP contribution < -0.4 is 0 Å². The van der Waals surface area contributed by atoms with Crippen LogP contribution in [0.2, 0.25) is 0 Å². The molecule has 0 amide bonds. The van der Waals surface area contributed by atoms with Crippen molar-refractivity contribution in [1.82, 2.24) is 9.78 Å². The monoisotopic (exact) mass is 394 g/mol. The second-order valence-corrected chi connectivity index (χ2v) is 7.72. The summed E-state index contributed by atoms with van der Waals surface area (Å²) in [5, 5.41) is 3.95. The number of nitrogens with zero attached hydrogens (tertiary/aromatic N) is 2. The standard InChI is InChI=1S/C18H16F2N2O4S/c1-2-26-17(23)10-22-16-9-14(20)7-8-15(16)18(21-22)27(24,25)11-12-3-5-13(19)6-4-12/h3-9H,2,10-11H2,1H3. The van der Waals surface area contributed by atoms with E-state index in [1.807, 2.05) is 0 Å². The lowest BCUT2D eigenvalue weighted by molar-refractivity contribution is -0.143. The Morgan fingerprint density at radius 1 is 1.11 bits per heavy atom. The first-order chi connectivity index (χ1) is 12.8. The lowest BCUT2D eigenvalue weighted by atomic mass is 10.2. The maximum atomic E-state index is 13.7. The summed E-state index contributed by atoms with van der Waals surface area (Å²) in [7, 11) is -3.92. The van der Waals surface area contributed by atoms with Crippen LogP contribution in [0.25, 0.3) is 10.9 Å². The Morgan fingerprint density at radius 3 is 2.44 bits per heavy atom. The number of benzene rings is 2. The first-order valence-electron chi connectivity index (χ1n) is 8.09. The molecule has 0 aliphatic rings. The van der Waals surface area contributed by atoms with Crippen molar-refractivity contribution in [1.29, 1.82) is 0 Å². The molecule has 0 bridgehead atoms. The molecule has 0 atom stereocenters. The van der Waals surface area contributed by atoms with Crippen molar-refractivity contribution < 1.29 is 26.7 Å². The molecule has 0 unspecified atom stereocenters. The summed E-state index contributed by atoms with van der Waals surface area (Å²) >= 11 is 0. The van der Waals surface area contributed by atoms with Crippen LogP contribution in [0.4, 0.5) is 8.78 Å². The van der Waals surface area contributed by atoms with Gasteiger partial charge in [-0.3, -0.25) is 9.48 Å². The zero-order valence-corrected chi connectivity index (χ0v) is 15.2. The molecule has 9 heteroatoms. The number of aromatic nitrogens is 2. The van der Waals surface area contributed by atoms with Crippen LogP contribution in [-0.2, 0) is 31.7 Å². The Labute approximate surface area is 154 Å². The van der Waals surface area contributed by atoms with E-state index in [9.17, 15) is 22.0 Å². The summed E-state index contributed by atoms with van der Waals surface area (Å²) in [6.45, 7) is 1.44. The highest BCUT2D eigenvalue weighted by molar-refractivity contribution is 7.90. The summed E-state index contributed by atoms with van der Waals surface area (Å²) in [5.41, 5.74) is 0.548. The molecule has 0 saturated carbocycles. The molecular weight excluding hydrogens is 378 g/mol. The van der Waals surface area contributed by atoms with Crippen LogP contribution in [0.3, 0.4) is 0 Å². The van der Waals surface area contributed by atoms with Gasteiger partial charge in [-0.2, -0.15) is 5.10 Å². The Balaban J connectivity index is 2.05. The Hall–Kier alpha value is -2.81. The summed E-state index contributed by atoms with van der Waals surface area (Å²) in [5.74, 6) is -2.09. The molecule has 27 heavy (non-hydrogen) atoms. The van der Waals surface area contributed by atoms with Gasteiger partial charge in [0, 0.05) is 5.39 Å². The predicted molar refractivity (Wildman–Crippen MR) is 93.6 cm³/mol. The first kappa shape index (κ1) is 19.0. The zero-order valence-electron chi connectivity index (χ0n) is 14.4. The Bertz CT molecular complexity index is 1090. The molecular formula is C18H16F2N2O4S. The minimum atomic E-state index is -3.92. The number of esters is 1. The van der Waals surface area contributed by atoms with Crippen LogP contribution in [-0.4, -0.2) is 30.8 Å². The first-order valence-corrected chi connectivity index (χ1v) is 9.74. The second kappa shape index (κ2) is 7.43. The molecule has 0 aliphatic carbocycles. The van der Waals surface area contributed by atoms with Gasteiger partial charge in [0.2, 0.25) is 9.84 Å². The molecule has 3 aromatic rings. The number of hydrogen-bond acceptors (Lipinski definition) is 5. The third kappa shape index (κ3) is 4.13. The van der Waals surface area contributed by atoms with Crippen LogP contribution in [0.15, 0.2) is 47.5 Å². The zero-order chi connectivity index (χ0) is 19.6. The molecule has 0 fully saturated rings. The van der Waals surface area contributed by atoms with Crippen molar-refractivity contribution in [2.75, 3.05) is 6.61 Å². The van der Waals surface area contributed by atoms with Crippen LogP contribution in [0.5, 0.6) is 0 Å². The second-order valence-electron chi connectivity index (χ2n) is 5.81. The Morgan fingerprint density at radius 2 is 1.78 bits per heavy atom. The van der Waals surface area contributed by atoms with Crippen molar-refractivity contribution >= 4 is 26.7 Å². The van der Waals surface area contributed by atoms with E-state index in [1.165, 1.54) is 18.2 Å². The number of ether oxygens (including phenoxy) is 1. The average molecular weight is 394 g/mol. The van der Waals surface area contributed by atoms with Gasteiger partial charge < -0.3 is 4.74 Å². The molecule has 0 aliphatic heterocycles. The van der Waals surface area contributed by atoms with E-state index in [4.69, 9.17) is 4.74 Å². The van der Waals surface area contributed by atoms with Crippen LogP contribution >= 0.6 is 0 Å². The van der Waals surface area contributed by atoms with E-state index in [2.05, 4.69) is 5.10 Å². The molecule has 1 heterocycles. The lowest BCUT2D eigenvalue weighted by Crippen LogP contribution is -2.15. The van der Waals surface area contributed by atoms with Crippen molar-refractivity contribution in [3.8, 4) is 0 Å². The number of rotatable bonds is 6. The van der Waals surface area contributed by atoms with E-state index in [-0.39, 0.29) is 29.1 Å². The topological polar surface area (TPSA) is 78.3 Å². The average Bonchev–Trinajstić information content (AvgIpc) is 2.96. The van der Waals surface area contributed by atoms with Gasteiger partial charge in [-0.05, 0) is 42.8 Å². The van der Waals surface area contributed by atoms with Gasteiger partial charge in [-0.1, -0.05) is 12.1 Å². The van der Waals surface area contributed by atoms with Gasteiger partial charge in [0.1, 0.15) is 18.2 Å². The molecule has 0 saturated heterocycles. The van der Waals surface area contributed by atoms with Gasteiger partial charge in [-0.25, -0.2) is 17.2 Å². The molecule has 0 N–H and O–H groups in total. The fourth-order valence-electron chi connectivity index (χ4n) is 2.66. The quantitative estimate of drug-likeness (QED) is 0.601. The van der Waals surface area contributed by atoms with Crippen molar-refractivity contribution in [2.45, 2.75) is 24.2 Å². The molecule has 142 valence electrons. The minimum absolute atomic E-state index is 0.155. The molecule has 3 rings (SSSR count). The maximum absolute atomic E-state index is 13.7. The fraction of sp³-hybridized carbons (Fsp3) is 0.222. The van der Waals surface area contributed by atoms with Gasteiger partial charge in [0.15, 0.2) is 5.03 Å². The van der Waals surface area contributed by atoms with Crippen molar-refractivity contribution in [2.24, 2.45) is 0 Å². The predicted octanol–water partition coefficient (Wildman–Crippen LogP) is 2.85. The van der Waals surface area contributed by atoms with Crippen LogP contribution in [0, 0.1) is 11.6 Å². The molecule has 0 spiro atoms. The highest BCUT2D eigenvalue weighted by Crippen LogP contribution is 2.26. The molecule has 2 aromatic carbocycles. The number of sulfone groups is 1. The number of fused-ring (bicyclic) bond motifs is 1. The number of carbonyl (C=O) groups excluding carboxylic acids is 1. The Kier molecular flexibility index (Phi) is 5.22. The van der Waals surface area contributed by atoms with E-state index >= 15 is 0 Å². The van der Waals surface area contributed by atoms with Gasteiger partial charge in [-0.15, -0.1) is 0 Å². The normalized spacial score (nSPS) is 11.7. The van der Waals surface area contributed by atoms with Crippen LogP contribution in [0.1, 0.15) is 12.5 Å². The molecule has 0 radical (unpaired) electrons. The summed E-state index contributed by atoms with van der Waals surface area (Å²) in [6.07, 6.45) is 0. The summed E-state index contributed by atoms with van der Waals surface area (Å²) in [4.78, 5) is 11.8. The van der Waals surface area contributed by atoms with Crippen molar-refractivity contribution in [3.63, 3.8) is 0 Å². The third-order valence-electron chi connectivity index (χ3n) is 3.83. The molecule has 6 nitrogen and oxygen atoms in total. The van der Waals surface area contributed by atoms with Gasteiger partial charge >= 0.3 is 5.97 Å².